The first kappa shape index (κ1) is 43.4. The Labute approximate surface area is 360 Å². The number of fused-ring (bicyclic) bond motifs is 7. The summed E-state index contributed by atoms with van der Waals surface area (Å²) in [5, 5.41) is 15.1. The molecule has 326 valence electrons. The number of carboxylic acids is 1. The van der Waals surface area contributed by atoms with E-state index >= 15 is 0 Å². The van der Waals surface area contributed by atoms with Gasteiger partial charge in [0.25, 0.3) is 0 Å². The number of aliphatic carboxylic acids is 1. The van der Waals surface area contributed by atoms with Crippen molar-refractivity contribution in [2.75, 3.05) is 44.3 Å². The Kier molecular flexibility index (Phi) is 11.5. The monoisotopic (exact) mass is 849 g/mol. The largest absolute Gasteiger partial charge is 0.493 e. The maximum atomic E-state index is 12.8. The number of hydrogen-bond acceptors (Lipinski definition) is 7. The molecular formula is C49H72ClN3O5S. The Morgan fingerprint density at radius 2 is 1.75 bits per heavy atom. The highest BCUT2D eigenvalue weighted by Gasteiger charge is 2.70. The molecule has 10 atom stereocenters. The van der Waals surface area contributed by atoms with Gasteiger partial charge in [0.05, 0.1) is 23.5 Å². The smallest absolute Gasteiger partial charge is 0.310 e. The third-order valence-electron chi connectivity index (χ3n) is 18.9. The zero-order valence-corrected chi connectivity index (χ0v) is 38.5. The van der Waals surface area contributed by atoms with Crippen molar-refractivity contribution in [2.45, 2.75) is 131 Å². The lowest BCUT2D eigenvalue weighted by atomic mass is 9.33. The van der Waals surface area contributed by atoms with Gasteiger partial charge in [0.2, 0.25) is 0 Å². The van der Waals surface area contributed by atoms with Crippen LogP contribution in [0.15, 0.2) is 53.8 Å². The summed E-state index contributed by atoms with van der Waals surface area (Å²) in [4.78, 5) is 19.2. The van der Waals surface area contributed by atoms with Crippen LogP contribution in [-0.4, -0.2) is 79.2 Å². The highest BCUT2D eigenvalue weighted by Crippen LogP contribution is 2.76. The summed E-state index contributed by atoms with van der Waals surface area (Å²) < 4.78 is 30.1. The Morgan fingerprint density at radius 1 is 0.983 bits per heavy atom. The average molecular weight is 851 g/mol. The number of nitrogens with one attached hydrogen (secondary N) is 1. The fourth-order valence-electron chi connectivity index (χ4n) is 15.6. The first-order valence-electron chi connectivity index (χ1n) is 23.0. The van der Waals surface area contributed by atoms with Crippen LogP contribution in [0.1, 0.15) is 125 Å². The van der Waals surface area contributed by atoms with E-state index in [0.717, 1.165) is 25.9 Å². The number of carboxylic acid groups (broad SMARTS) is 1. The number of pyridine rings is 1. The Hall–Kier alpha value is -2.20. The van der Waals surface area contributed by atoms with Gasteiger partial charge in [-0.15, -0.1) is 0 Å². The lowest BCUT2D eigenvalue weighted by Gasteiger charge is -2.72. The van der Waals surface area contributed by atoms with E-state index < -0.39 is 21.2 Å². The minimum absolute atomic E-state index is 0.00550. The average Bonchev–Trinajstić information content (AvgIpc) is 3.56. The number of hydrogen-bond donors (Lipinski definition) is 2. The molecule has 59 heavy (non-hydrogen) atoms. The first-order valence-corrected chi connectivity index (χ1v) is 25.2. The lowest BCUT2D eigenvalue weighted by molar-refractivity contribution is -0.221. The van der Waals surface area contributed by atoms with Gasteiger partial charge < -0.3 is 20.1 Å². The molecule has 1 aromatic heterocycles. The van der Waals surface area contributed by atoms with Crippen molar-refractivity contribution < 1.29 is 23.1 Å². The molecule has 10 heteroatoms. The summed E-state index contributed by atoms with van der Waals surface area (Å²) in [6, 6.07) is 3.43. The van der Waals surface area contributed by atoms with E-state index in [9.17, 15) is 18.3 Å². The highest BCUT2D eigenvalue weighted by atomic mass is 35.5. The molecule has 6 aliphatic carbocycles. The van der Waals surface area contributed by atoms with Crippen LogP contribution in [0.25, 0.3) is 0 Å². The lowest BCUT2D eigenvalue weighted by Crippen LogP contribution is -2.68. The predicted molar refractivity (Wildman–Crippen MR) is 237 cm³/mol. The summed E-state index contributed by atoms with van der Waals surface area (Å²) in [5.74, 6) is 3.50. The van der Waals surface area contributed by atoms with Gasteiger partial charge in [-0.2, -0.15) is 0 Å². The molecule has 7 aliphatic rings. The molecule has 8 nitrogen and oxygen atoms in total. The van der Waals surface area contributed by atoms with Crippen molar-refractivity contribution in [3.05, 3.63) is 58.9 Å². The number of sulfone groups is 1. The topological polar surface area (TPSA) is 109 Å². The molecule has 0 amide bonds. The molecule has 0 radical (unpaired) electrons. The highest BCUT2D eigenvalue weighted by molar-refractivity contribution is 7.91. The number of rotatable bonds is 11. The van der Waals surface area contributed by atoms with E-state index in [0.29, 0.717) is 91.0 Å². The molecule has 0 aromatic carbocycles. The van der Waals surface area contributed by atoms with Gasteiger partial charge in [-0.3, -0.25) is 4.79 Å². The number of ether oxygens (including phenoxy) is 1. The van der Waals surface area contributed by atoms with Gasteiger partial charge in [0.1, 0.15) is 10.9 Å². The summed E-state index contributed by atoms with van der Waals surface area (Å²) in [6.07, 6.45) is 20.0. The van der Waals surface area contributed by atoms with Gasteiger partial charge in [-0.25, -0.2) is 13.4 Å². The molecule has 0 spiro atoms. The van der Waals surface area contributed by atoms with Crippen LogP contribution in [-0.2, 0) is 14.6 Å². The molecule has 0 bridgehead atoms. The Bertz CT molecular complexity index is 1980. The molecule has 4 unspecified atom stereocenters. The molecule has 1 aromatic rings. The minimum Gasteiger partial charge on any atom is -0.493 e. The van der Waals surface area contributed by atoms with E-state index in [4.69, 9.17) is 16.3 Å². The third-order valence-corrected chi connectivity index (χ3v) is 20.8. The van der Waals surface area contributed by atoms with Gasteiger partial charge in [-0.05, 0) is 159 Å². The van der Waals surface area contributed by atoms with Crippen molar-refractivity contribution in [2.24, 2.45) is 56.7 Å². The maximum absolute atomic E-state index is 12.8. The van der Waals surface area contributed by atoms with E-state index in [-0.39, 0.29) is 27.2 Å². The second kappa shape index (κ2) is 15.6. The molecule has 4 saturated carbocycles. The van der Waals surface area contributed by atoms with Gasteiger partial charge in [0.15, 0.2) is 9.84 Å². The standard InChI is InChI=1S/C49H72ClN3O5S/c1-33(2)36-12-20-49(52-25-26-53-27-30-59(56,57)31-28-53)22-21-46(6)38(42(36)49)8-9-40-45(5)16-13-37(44(3,4)39(45)14-17-47(40,46)7)34-10-18-48(19-11-34,43(54)55)23-29-58-35-15-24-51-41(50)32-35/h10,13,15,24,32,36,38-40,42,52H,1,8-9,11-12,14,16-23,25-31H2,2-7H3,(H,54,55)/t36-,38+,39?,40?,42?,45-,46+,47+,48?,49-/m0/s1. The summed E-state index contributed by atoms with van der Waals surface area (Å²) in [7, 11) is -2.88. The van der Waals surface area contributed by atoms with Crippen molar-refractivity contribution in [3.63, 3.8) is 0 Å². The number of aromatic nitrogens is 1. The number of halogens is 1. The summed E-state index contributed by atoms with van der Waals surface area (Å²) in [6.45, 7) is 23.5. The molecule has 5 fully saturated rings. The summed E-state index contributed by atoms with van der Waals surface area (Å²) >= 11 is 6.05. The molecule has 2 N–H and O–H groups in total. The number of nitrogens with zero attached hydrogens (tertiary/aromatic N) is 2. The second-order valence-electron chi connectivity index (χ2n) is 21.7. The molecule has 8 rings (SSSR count). The van der Waals surface area contributed by atoms with Crippen LogP contribution in [0, 0.1) is 56.7 Å². The van der Waals surface area contributed by atoms with E-state index in [1.54, 1.807) is 18.3 Å². The maximum Gasteiger partial charge on any atom is 0.310 e. The van der Waals surface area contributed by atoms with Crippen LogP contribution in [0.4, 0.5) is 0 Å². The van der Waals surface area contributed by atoms with Crippen molar-refractivity contribution >= 4 is 27.4 Å². The van der Waals surface area contributed by atoms with Crippen molar-refractivity contribution in [3.8, 4) is 5.75 Å². The van der Waals surface area contributed by atoms with Gasteiger partial charge in [0, 0.05) is 44.0 Å². The molecule has 1 saturated heterocycles. The molecular weight excluding hydrogens is 778 g/mol. The van der Waals surface area contributed by atoms with Crippen molar-refractivity contribution in [1.82, 2.24) is 15.2 Å². The van der Waals surface area contributed by atoms with Crippen LogP contribution >= 0.6 is 11.6 Å². The van der Waals surface area contributed by atoms with Crippen LogP contribution in [0.3, 0.4) is 0 Å². The fourth-order valence-corrected chi connectivity index (χ4v) is 17.0. The van der Waals surface area contributed by atoms with E-state index in [2.05, 4.69) is 75.5 Å². The van der Waals surface area contributed by atoms with E-state index in [1.807, 2.05) is 0 Å². The Morgan fingerprint density at radius 3 is 2.42 bits per heavy atom. The van der Waals surface area contributed by atoms with Crippen molar-refractivity contribution in [1.29, 1.82) is 0 Å². The zero-order valence-electron chi connectivity index (χ0n) is 36.9. The predicted octanol–water partition coefficient (Wildman–Crippen LogP) is 9.95. The fraction of sp³-hybridized carbons (Fsp3) is 0.755. The Balaban J connectivity index is 0.991. The van der Waals surface area contributed by atoms with E-state index in [1.165, 1.54) is 68.1 Å². The second-order valence-corrected chi connectivity index (χ2v) is 24.4. The van der Waals surface area contributed by atoms with Crippen LogP contribution < -0.4 is 10.1 Å². The normalized spacial score (nSPS) is 41.3. The first-order chi connectivity index (χ1) is 27.8. The number of allylic oxidation sites excluding steroid dienone is 5. The SMILES string of the molecule is C=C(C)[C@@H]1CC[C@]2(NCCN3CCS(=O)(=O)CC3)CC[C@]3(C)[C@H](CCC4[C@@]5(C)CC=C(C6=CCC(CCOc7ccnc(Cl)c7)(C(=O)O)CC6)C(C)(C)C5CC[C@]43C)C12. The number of carbonyl (C=O) groups is 1. The minimum atomic E-state index is -2.88. The summed E-state index contributed by atoms with van der Waals surface area (Å²) in [5.41, 5.74) is 4.23. The van der Waals surface area contributed by atoms with Crippen LogP contribution in [0.2, 0.25) is 5.15 Å². The van der Waals surface area contributed by atoms with Gasteiger partial charge >= 0.3 is 5.97 Å². The van der Waals surface area contributed by atoms with Crippen LogP contribution in [0.5, 0.6) is 5.75 Å². The zero-order chi connectivity index (χ0) is 42.2. The molecule has 1 aliphatic heterocycles. The quantitative estimate of drug-likeness (QED) is 0.167. The van der Waals surface area contributed by atoms with Gasteiger partial charge in [-0.1, -0.05) is 70.5 Å². The third kappa shape index (κ3) is 7.29. The molecule has 2 heterocycles.